The molecule has 0 bridgehead atoms. The van der Waals surface area contributed by atoms with Crippen molar-refractivity contribution >= 4 is 61.5 Å². The fraction of sp³-hybridized carbons (Fsp3) is 0.379. The van der Waals surface area contributed by atoms with Crippen molar-refractivity contribution in [3.63, 3.8) is 0 Å². The third kappa shape index (κ3) is 7.24. The van der Waals surface area contributed by atoms with Gasteiger partial charge < -0.3 is 10.2 Å². The van der Waals surface area contributed by atoms with E-state index in [1.807, 2.05) is 30.3 Å². The first-order valence-corrected chi connectivity index (χ1v) is 15.6. The van der Waals surface area contributed by atoms with Gasteiger partial charge in [0.15, 0.2) is 0 Å². The number of sulfonamides is 1. The van der Waals surface area contributed by atoms with Crippen molar-refractivity contribution in [3.05, 3.63) is 76.3 Å². The van der Waals surface area contributed by atoms with Crippen molar-refractivity contribution in [3.8, 4) is 0 Å². The SMILES string of the molecule is C[C@H](C(=O)NC1CCCCC1)N(Cc1ccc(Cl)cc1Cl)C(=O)CN(c1cccc2ccccc12)S(C)(=O)=O. The third-order valence-corrected chi connectivity index (χ3v) is 8.90. The average Bonchev–Trinajstić information content (AvgIpc) is 2.90. The summed E-state index contributed by atoms with van der Waals surface area (Å²) in [4.78, 5) is 28.6. The van der Waals surface area contributed by atoms with Gasteiger partial charge >= 0.3 is 0 Å². The predicted octanol–water partition coefficient (Wildman–Crippen LogP) is 5.78. The molecule has 1 aliphatic rings. The van der Waals surface area contributed by atoms with Gasteiger partial charge in [-0.2, -0.15) is 0 Å². The lowest BCUT2D eigenvalue weighted by Crippen LogP contribution is -2.53. The number of hydrogen-bond acceptors (Lipinski definition) is 4. The number of nitrogens with zero attached hydrogens (tertiary/aromatic N) is 2. The number of rotatable bonds is 9. The first-order chi connectivity index (χ1) is 18.5. The zero-order chi connectivity index (χ0) is 28.2. The van der Waals surface area contributed by atoms with Crippen molar-refractivity contribution in [2.24, 2.45) is 0 Å². The van der Waals surface area contributed by atoms with E-state index in [2.05, 4.69) is 5.32 Å². The minimum atomic E-state index is -3.85. The second-order valence-corrected chi connectivity index (χ2v) is 12.8. The van der Waals surface area contributed by atoms with Gasteiger partial charge in [-0.25, -0.2) is 8.42 Å². The van der Waals surface area contributed by atoms with E-state index in [1.54, 1.807) is 37.3 Å². The van der Waals surface area contributed by atoms with Crippen molar-refractivity contribution in [2.75, 3.05) is 17.1 Å². The molecular formula is C29H33Cl2N3O4S. The highest BCUT2D eigenvalue weighted by atomic mass is 35.5. The molecule has 7 nitrogen and oxygen atoms in total. The van der Waals surface area contributed by atoms with E-state index >= 15 is 0 Å². The van der Waals surface area contributed by atoms with Gasteiger partial charge in [-0.15, -0.1) is 0 Å². The Hall–Kier alpha value is -2.81. The smallest absolute Gasteiger partial charge is 0.244 e. The standard InChI is InChI=1S/C29H33Cl2N3O4S/c1-20(29(36)32-24-11-4-3-5-12-24)33(18-22-15-16-23(30)17-26(22)31)28(35)19-34(39(2,37)38)27-14-8-10-21-9-6-7-13-25(21)27/h6-10,13-17,20,24H,3-5,11-12,18-19H2,1-2H3,(H,32,36)/t20-/m1/s1. The summed E-state index contributed by atoms with van der Waals surface area (Å²) in [5.74, 6) is -0.804. The maximum atomic E-state index is 13.9. The molecule has 1 atom stereocenters. The lowest BCUT2D eigenvalue weighted by atomic mass is 9.95. The fourth-order valence-electron chi connectivity index (χ4n) is 5.01. The van der Waals surface area contributed by atoms with Crippen LogP contribution >= 0.6 is 23.2 Å². The van der Waals surface area contributed by atoms with Gasteiger partial charge in [0.25, 0.3) is 0 Å². The molecule has 0 radical (unpaired) electrons. The maximum absolute atomic E-state index is 13.9. The Morgan fingerprint density at radius 1 is 1.00 bits per heavy atom. The Bertz CT molecular complexity index is 1450. The van der Waals surface area contributed by atoms with Crippen molar-refractivity contribution in [1.82, 2.24) is 10.2 Å². The van der Waals surface area contributed by atoms with Crippen molar-refractivity contribution in [2.45, 2.75) is 57.7 Å². The Morgan fingerprint density at radius 2 is 1.69 bits per heavy atom. The van der Waals surface area contributed by atoms with Crippen LogP contribution in [0.4, 0.5) is 5.69 Å². The summed E-state index contributed by atoms with van der Waals surface area (Å²) in [5, 5.41) is 5.44. The summed E-state index contributed by atoms with van der Waals surface area (Å²) in [7, 11) is -3.85. The lowest BCUT2D eigenvalue weighted by Gasteiger charge is -2.33. The largest absolute Gasteiger partial charge is 0.352 e. The number of hydrogen-bond donors (Lipinski definition) is 1. The summed E-state index contributed by atoms with van der Waals surface area (Å²) in [5.41, 5.74) is 0.996. The molecule has 2 amide bonds. The van der Waals surface area contributed by atoms with Crippen LogP contribution in [0.3, 0.4) is 0 Å². The molecule has 0 aliphatic heterocycles. The summed E-state index contributed by atoms with van der Waals surface area (Å²) in [6, 6.07) is 16.8. The van der Waals surface area contributed by atoms with Crippen LogP contribution in [0.2, 0.25) is 10.0 Å². The molecule has 0 spiro atoms. The summed E-state index contributed by atoms with van der Waals surface area (Å²) in [6.07, 6.45) is 6.13. The minimum absolute atomic E-state index is 0.0151. The van der Waals surface area contributed by atoms with Crippen LogP contribution in [0.25, 0.3) is 10.8 Å². The highest BCUT2D eigenvalue weighted by molar-refractivity contribution is 7.92. The van der Waals surface area contributed by atoms with Gasteiger partial charge in [0, 0.05) is 28.0 Å². The van der Waals surface area contributed by atoms with Crippen molar-refractivity contribution in [1.29, 1.82) is 0 Å². The van der Waals surface area contributed by atoms with Crippen LogP contribution < -0.4 is 9.62 Å². The van der Waals surface area contributed by atoms with E-state index in [-0.39, 0.29) is 18.5 Å². The van der Waals surface area contributed by atoms with Gasteiger partial charge in [-0.05, 0) is 48.9 Å². The molecule has 0 unspecified atom stereocenters. The van der Waals surface area contributed by atoms with Crippen LogP contribution in [0.15, 0.2) is 60.7 Å². The molecule has 0 heterocycles. The molecule has 3 aromatic rings. The fourth-order valence-corrected chi connectivity index (χ4v) is 6.34. The lowest BCUT2D eigenvalue weighted by molar-refractivity contribution is -0.139. The number of anilines is 1. The molecular weight excluding hydrogens is 557 g/mol. The number of amides is 2. The maximum Gasteiger partial charge on any atom is 0.244 e. The zero-order valence-electron chi connectivity index (χ0n) is 22.1. The zero-order valence-corrected chi connectivity index (χ0v) is 24.4. The Morgan fingerprint density at radius 3 is 2.38 bits per heavy atom. The van der Waals surface area contributed by atoms with Crippen molar-refractivity contribution < 1.29 is 18.0 Å². The van der Waals surface area contributed by atoms with Gasteiger partial charge in [-0.3, -0.25) is 13.9 Å². The molecule has 0 saturated heterocycles. The number of nitrogens with one attached hydrogen (secondary N) is 1. The quantitative estimate of drug-likeness (QED) is 0.343. The first-order valence-electron chi connectivity index (χ1n) is 13.0. The highest BCUT2D eigenvalue weighted by Gasteiger charge is 2.32. The Kier molecular flexibility index (Phi) is 9.41. The van der Waals surface area contributed by atoms with E-state index in [0.717, 1.165) is 48.1 Å². The van der Waals surface area contributed by atoms with Crippen LogP contribution in [0.1, 0.15) is 44.6 Å². The molecule has 39 heavy (non-hydrogen) atoms. The van der Waals surface area contributed by atoms with Gasteiger partial charge in [0.1, 0.15) is 12.6 Å². The molecule has 1 fully saturated rings. The monoisotopic (exact) mass is 589 g/mol. The average molecular weight is 591 g/mol. The van der Waals surface area contributed by atoms with E-state index in [9.17, 15) is 18.0 Å². The van der Waals surface area contributed by atoms with Crippen LogP contribution in [-0.2, 0) is 26.2 Å². The second-order valence-electron chi connectivity index (χ2n) is 10.0. The molecule has 10 heteroatoms. The van der Waals surface area contributed by atoms with Crippen LogP contribution in [-0.4, -0.2) is 50.0 Å². The van der Waals surface area contributed by atoms with E-state index in [1.165, 1.54) is 4.90 Å². The van der Waals surface area contributed by atoms with Crippen LogP contribution in [0, 0.1) is 0 Å². The molecule has 1 N–H and O–H groups in total. The number of halogens is 2. The van der Waals surface area contributed by atoms with E-state index < -0.39 is 28.5 Å². The number of benzene rings is 3. The second kappa shape index (κ2) is 12.6. The molecule has 1 saturated carbocycles. The predicted molar refractivity (Wildman–Crippen MR) is 158 cm³/mol. The summed E-state index contributed by atoms with van der Waals surface area (Å²) >= 11 is 12.5. The van der Waals surface area contributed by atoms with E-state index in [0.29, 0.717) is 26.7 Å². The Balaban J connectivity index is 1.66. The van der Waals surface area contributed by atoms with Crippen LogP contribution in [0.5, 0.6) is 0 Å². The number of fused-ring (bicyclic) bond motifs is 1. The molecule has 4 rings (SSSR count). The van der Waals surface area contributed by atoms with Gasteiger partial charge in [0.05, 0.1) is 11.9 Å². The number of carbonyl (C=O) groups excluding carboxylic acids is 2. The number of carbonyl (C=O) groups is 2. The molecule has 1 aliphatic carbocycles. The first kappa shape index (κ1) is 29.2. The summed E-state index contributed by atoms with van der Waals surface area (Å²) < 4.78 is 27.1. The topological polar surface area (TPSA) is 86.8 Å². The highest BCUT2D eigenvalue weighted by Crippen LogP contribution is 2.29. The third-order valence-electron chi connectivity index (χ3n) is 7.19. The van der Waals surface area contributed by atoms with E-state index in [4.69, 9.17) is 23.2 Å². The Labute approximate surface area is 240 Å². The van der Waals surface area contributed by atoms with Gasteiger partial charge in [0.2, 0.25) is 21.8 Å². The molecule has 0 aromatic heterocycles. The molecule has 3 aromatic carbocycles. The minimum Gasteiger partial charge on any atom is -0.352 e. The van der Waals surface area contributed by atoms with Gasteiger partial charge in [-0.1, -0.05) is 84.9 Å². The summed E-state index contributed by atoms with van der Waals surface area (Å²) in [6.45, 7) is 1.20. The normalized spacial score (nSPS) is 15.1. The molecule has 208 valence electrons.